The van der Waals surface area contributed by atoms with Gasteiger partial charge < -0.3 is 11.5 Å². The quantitative estimate of drug-likeness (QED) is 0.746. The molecule has 6 atom stereocenters. The Morgan fingerprint density at radius 2 is 1.23 bits per heavy atom. The first-order valence-corrected chi connectivity index (χ1v) is 10.1. The molecule has 2 nitrogen and oxygen atoms in total. The maximum Gasteiger partial charge on any atom is 0.00672 e. The number of rotatable bonds is 6. The summed E-state index contributed by atoms with van der Waals surface area (Å²) in [5, 5.41) is 0. The van der Waals surface area contributed by atoms with Gasteiger partial charge in [0.25, 0.3) is 0 Å². The van der Waals surface area contributed by atoms with E-state index >= 15 is 0 Å². The van der Waals surface area contributed by atoms with Gasteiger partial charge >= 0.3 is 0 Å². The van der Waals surface area contributed by atoms with Crippen LogP contribution in [0.5, 0.6) is 0 Å². The Labute approximate surface area is 138 Å². The van der Waals surface area contributed by atoms with Gasteiger partial charge in [0.05, 0.1) is 0 Å². The fourth-order valence-electron chi connectivity index (χ4n) is 5.55. The van der Waals surface area contributed by atoms with Crippen LogP contribution in [0, 0.1) is 29.6 Å². The van der Waals surface area contributed by atoms with Gasteiger partial charge in [0.15, 0.2) is 0 Å². The van der Waals surface area contributed by atoms with Crippen LogP contribution in [-0.4, -0.2) is 12.1 Å². The first-order chi connectivity index (χ1) is 10.6. The van der Waals surface area contributed by atoms with Gasteiger partial charge in [0, 0.05) is 12.1 Å². The van der Waals surface area contributed by atoms with Gasteiger partial charge in [-0.05, 0) is 68.1 Å². The van der Waals surface area contributed by atoms with Crippen molar-refractivity contribution in [3.8, 4) is 0 Å². The van der Waals surface area contributed by atoms with E-state index in [1.54, 1.807) is 0 Å². The average molecular weight is 309 g/mol. The molecule has 2 heteroatoms. The van der Waals surface area contributed by atoms with Crippen LogP contribution < -0.4 is 11.5 Å². The fourth-order valence-corrected chi connectivity index (χ4v) is 5.55. The van der Waals surface area contributed by atoms with E-state index in [1.165, 1.54) is 64.2 Å². The molecule has 0 aliphatic heterocycles. The smallest absolute Gasteiger partial charge is 0.00672 e. The summed E-state index contributed by atoms with van der Waals surface area (Å²) >= 11 is 0. The van der Waals surface area contributed by atoms with Crippen LogP contribution in [-0.2, 0) is 0 Å². The third-order valence-electron chi connectivity index (χ3n) is 7.05. The van der Waals surface area contributed by atoms with E-state index in [4.69, 9.17) is 11.5 Å². The van der Waals surface area contributed by atoms with Gasteiger partial charge in [-0.15, -0.1) is 0 Å². The van der Waals surface area contributed by atoms with Crippen LogP contribution in [0.1, 0.15) is 85.0 Å². The van der Waals surface area contributed by atoms with E-state index in [1.807, 2.05) is 0 Å². The Balaban J connectivity index is 2.02. The molecule has 22 heavy (non-hydrogen) atoms. The molecule has 0 radical (unpaired) electrons. The van der Waals surface area contributed by atoms with Crippen LogP contribution in [0.25, 0.3) is 0 Å². The molecule has 0 aromatic heterocycles. The highest BCUT2D eigenvalue weighted by molar-refractivity contribution is 4.91. The van der Waals surface area contributed by atoms with Crippen molar-refractivity contribution in [2.45, 2.75) is 97.1 Å². The van der Waals surface area contributed by atoms with Crippen LogP contribution in [0.2, 0.25) is 0 Å². The van der Waals surface area contributed by atoms with E-state index in [-0.39, 0.29) is 0 Å². The van der Waals surface area contributed by atoms with Gasteiger partial charge in [0.1, 0.15) is 0 Å². The zero-order valence-corrected chi connectivity index (χ0v) is 15.3. The minimum absolute atomic E-state index is 0.465. The van der Waals surface area contributed by atoms with E-state index in [9.17, 15) is 0 Å². The second kappa shape index (κ2) is 8.68. The largest absolute Gasteiger partial charge is 0.327 e. The van der Waals surface area contributed by atoms with Crippen molar-refractivity contribution in [1.29, 1.82) is 0 Å². The Bertz CT molecular complexity index is 289. The zero-order valence-electron chi connectivity index (χ0n) is 15.3. The summed E-state index contributed by atoms with van der Waals surface area (Å²) in [5.41, 5.74) is 12.7. The van der Waals surface area contributed by atoms with Crippen molar-refractivity contribution in [1.82, 2.24) is 0 Å². The molecular weight excluding hydrogens is 268 g/mol. The summed E-state index contributed by atoms with van der Waals surface area (Å²) in [6.45, 7) is 7.02. The molecule has 0 heterocycles. The molecule has 0 aromatic carbocycles. The van der Waals surface area contributed by atoms with Crippen LogP contribution >= 0.6 is 0 Å². The maximum atomic E-state index is 6.35. The Morgan fingerprint density at radius 1 is 0.773 bits per heavy atom. The second-order valence-electron chi connectivity index (χ2n) is 8.26. The summed E-state index contributed by atoms with van der Waals surface area (Å²) in [6.07, 6.45) is 13.3. The van der Waals surface area contributed by atoms with E-state index in [0.29, 0.717) is 12.1 Å². The van der Waals surface area contributed by atoms with Gasteiger partial charge in [-0.1, -0.05) is 46.5 Å². The molecule has 0 spiro atoms. The van der Waals surface area contributed by atoms with Gasteiger partial charge in [-0.2, -0.15) is 0 Å². The molecule has 0 amide bonds. The van der Waals surface area contributed by atoms with Crippen molar-refractivity contribution in [2.24, 2.45) is 41.1 Å². The first kappa shape index (κ1) is 18.3. The van der Waals surface area contributed by atoms with Crippen molar-refractivity contribution in [3.63, 3.8) is 0 Å². The molecule has 2 aliphatic rings. The summed E-state index contributed by atoms with van der Waals surface area (Å²) < 4.78 is 0. The fraction of sp³-hybridized carbons (Fsp3) is 1.00. The molecule has 2 saturated carbocycles. The standard InChI is InChI=1S/C20H40N2/c1-4-7-18(16-8-10-19(21)14(5-2)12-16)17-9-11-20(22)15(6-3)13-17/h14-20H,4-13,21-22H2,1-3H3. The molecule has 0 saturated heterocycles. The average Bonchev–Trinajstić information content (AvgIpc) is 2.54. The summed E-state index contributed by atoms with van der Waals surface area (Å²) in [5.74, 6) is 4.34. The Morgan fingerprint density at radius 3 is 1.59 bits per heavy atom. The number of hydrogen-bond acceptors (Lipinski definition) is 2. The highest BCUT2D eigenvalue weighted by atomic mass is 14.7. The van der Waals surface area contributed by atoms with Gasteiger partial charge in [-0.25, -0.2) is 0 Å². The lowest BCUT2D eigenvalue weighted by Gasteiger charge is -2.44. The highest BCUT2D eigenvalue weighted by Crippen LogP contribution is 2.45. The first-order valence-electron chi connectivity index (χ1n) is 10.1. The lowest BCUT2D eigenvalue weighted by molar-refractivity contribution is 0.0795. The summed E-state index contributed by atoms with van der Waals surface area (Å²) in [6, 6.07) is 0.929. The van der Waals surface area contributed by atoms with Crippen molar-refractivity contribution >= 4 is 0 Å². The van der Waals surface area contributed by atoms with Crippen molar-refractivity contribution in [3.05, 3.63) is 0 Å². The zero-order chi connectivity index (χ0) is 16.1. The molecule has 2 rings (SSSR count). The Kier molecular flexibility index (Phi) is 7.21. The minimum atomic E-state index is 0.465. The molecular formula is C20H40N2. The molecule has 130 valence electrons. The van der Waals surface area contributed by atoms with E-state index in [2.05, 4.69) is 20.8 Å². The number of nitrogens with two attached hydrogens (primary N) is 2. The molecule has 0 bridgehead atoms. The molecule has 0 aromatic rings. The van der Waals surface area contributed by atoms with Crippen LogP contribution in [0.3, 0.4) is 0 Å². The lowest BCUT2D eigenvalue weighted by atomic mass is 9.63. The van der Waals surface area contributed by atoms with E-state index in [0.717, 1.165) is 29.6 Å². The third kappa shape index (κ3) is 4.26. The topological polar surface area (TPSA) is 52.0 Å². The Hall–Kier alpha value is -0.0800. The van der Waals surface area contributed by atoms with Gasteiger partial charge in [-0.3, -0.25) is 0 Å². The summed E-state index contributed by atoms with van der Waals surface area (Å²) in [7, 11) is 0. The van der Waals surface area contributed by atoms with E-state index < -0.39 is 0 Å². The van der Waals surface area contributed by atoms with Crippen molar-refractivity contribution in [2.75, 3.05) is 0 Å². The molecule has 2 aliphatic carbocycles. The van der Waals surface area contributed by atoms with Crippen LogP contribution in [0.15, 0.2) is 0 Å². The molecule has 2 fully saturated rings. The number of hydrogen-bond donors (Lipinski definition) is 2. The van der Waals surface area contributed by atoms with Crippen LogP contribution in [0.4, 0.5) is 0 Å². The highest BCUT2D eigenvalue weighted by Gasteiger charge is 2.38. The minimum Gasteiger partial charge on any atom is -0.327 e. The normalized spacial score (nSPS) is 41.3. The SMILES string of the molecule is CCCC(C1CCC(N)C(CC)C1)C1CCC(N)C(CC)C1. The van der Waals surface area contributed by atoms with Crippen molar-refractivity contribution < 1.29 is 0 Å². The second-order valence-corrected chi connectivity index (χ2v) is 8.26. The monoisotopic (exact) mass is 308 g/mol. The lowest BCUT2D eigenvalue weighted by Crippen LogP contribution is -2.42. The predicted octanol–water partition coefficient (Wildman–Crippen LogP) is 4.71. The molecule has 6 unspecified atom stereocenters. The van der Waals surface area contributed by atoms with Gasteiger partial charge in [0.2, 0.25) is 0 Å². The summed E-state index contributed by atoms with van der Waals surface area (Å²) in [4.78, 5) is 0. The molecule has 4 N–H and O–H groups in total. The maximum absolute atomic E-state index is 6.35. The predicted molar refractivity (Wildman–Crippen MR) is 96.6 cm³/mol. The third-order valence-corrected chi connectivity index (χ3v) is 7.05.